The molecule has 0 unspecified atom stereocenters. The van der Waals surface area contributed by atoms with Crippen LogP contribution in [0.2, 0.25) is 0 Å². The van der Waals surface area contributed by atoms with E-state index < -0.39 is 15.9 Å². The second-order valence-corrected chi connectivity index (χ2v) is 8.16. The Morgan fingerprint density at radius 3 is 2.29 bits per heavy atom. The van der Waals surface area contributed by atoms with Gasteiger partial charge in [-0.05, 0) is 5.56 Å². The lowest BCUT2D eigenvalue weighted by Crippen LogP contribution is -2.53. The van der Waals surface area contributed by atoms with E-state index in [9.17, 15) is 13.5 Å². The summed E-state index contributed by atoms with van der Waals surface area (Å²) in [4.78, 5) is 4.51. The summed E-state index contributed by atoms with van der Waals surface area (Å²) in [6.45, 7) is 4.41. The first-order valence-corrected chi connectivity index (χ1v) is 9.24. The first kappa shape index (κ1) is 15.0. The van der Waals surface area contributed by atoms with Crippen molar-refractivity contribution >= 4 is 9.84 Å². The molecule has 5 nitrogen and oxygen atoms in total. The van der Waals surface area contributed by atoms with Gasteiger partial charge in [0, 0.05) is 32.7 Å². The van der Waals surface area contributed by atoms with E-state index in [-0.39, 0.29) is 17.5 Å². The van der Waals surface area contributed by atoms with Crippen LogP contribution in [0.5, 0.6) is 0 Å². The Kier molecular flexibility index (Phi) is 4.31. The molecule has 3 rings (SSSR count). The third-order valence-electron chi connectivity index (χ3n) is 4.42. The molecule has 0 radical (unpaired) electrons. The summed E-state index contributed by atoms with van der Waals surface area (Å²) in [6, 6.07) is 10.1. The number of sulfone groups is 1. The summed E-state index contributed by atoms with van der Waals surface area (Å²) in [5.74, 6) is 0.0226. The van der Waals surface area contributed by atoms with Crippen LogP contribution in [0.1, 0.15) is 5.56 Å². The van der Waals surface area contributed by atoms with E-state index in [1.807, 2.05) is 18.2 Å². The van der Waals surface area contributed by atoms with Gasteiger partial charge in [-0.25, -0.2) is 8.42 Å². The van der Waals surface area contributed by atoms with Crippen molar-refractivity contribution in [2.45, 2.75) is 18.7 Å². The van der Waals surface area contributed by atoms with E-state index in [0.29, 0.717) is 0 Å². The van der Waals surface area contributed by atoms with Gasteiger partial charge in [-0.1, -0.05) is 30.3 Å². The highest BCUT2D eigenvalue weighted by atomic mass is 32.2. The average Bonchev–Trinajstić information content (AvgIpc) is 2.74. The molecular weight excluding hydrogens is 288 g/mol. The van der Waals surface area contributed by atoms with Crippen LogP contribution in [0.15, 0.2) is 30.3 Å². The van der Waals surface area contributed by atoms with Crippen molar-refractivity contribution in [1.29, 1.82) is 0 Å². The van der Waals surface area contributed by atoms with Gasteiger partial charge >= 0.3 is 0 Å². The molecule has 21 heavy (non-hydrogen) atoms. The highest BCUT2D eigenvalue weighted by Crippen LogP contribution is 2.20. The molecule has 2 saturated heterocycles. The third-order valence-corrected chi connectivity index (χ3v) is 6.12. The molecule has 1 N–H and O–H groups in total. The Hall–Kier alpha value is -0.950. The molecule has 0 aliphatic carbocycles. The number of aliphatic hydroxyl groups excluding tert-OH is 1. The van der Waals surface area contributed by atoms with Crippen LogP contribution in [-0.2, 0) is 16.4 Å². The summed E-state index contributed by atoms with van der Waals surface area (Å²) in [6.07, 6.45) is -0.726. The van der Waals surface area contributed by atoms with Crippen LogP contribution < -0.4 is 0 Å². The van der Waals surface area contributed by atoms with Crippen molar-refractivity contribution in [3.05, 3.63) is 35.9 Å². The number of piperazine rings is 1. The van der Waals surface area contributed by atoms with Crippen molar-refractivity contribution < 1.29 is 13.5 Å². The molecule has 2 aliphatic heterocycles. The van der Waals surface area contributed by atoms with E-state index in [0.717, 1.165) is 32.7 Å². The molecule has 1 aromatic carbocycles. The largest absolute Gasteiger partial charge is 0.390 e. The molecule has 2 aliphatic rings. The Labute approximate surface area is 126 Å². The van der Waals surface area contributed by atoms with Crippen LogP contribution in [0, 0.1) is 0 Å². The van der Waals surface area contributed by atoms with Crippen molar-refractivity contribution in [3.63, 3.8) is 0 Å². The van der Waals surface area contributed by atoms with E-state index in [2.05, 4.69) is 21.9 Å². The van der Waals surface area contributed by atoms with E-state index >= 15 is 0 Å². The standard InChI is InChI=1S/C15H22N2O3S/c18-15-12-21(19,20)11-14(15)17-8-6-16(7-9-17)10-13-4-2-1-3-5-13/h1-5,14-15,18H,6-12H2/t14-,15-/m0/s1. The lowest BCUT2D eigenvalue weighted by Gasteiger charge is -2.38. The van der Waals surface area contributed by atoms with Crippen molar-refractivity contribution in [2.75, 3.05) is 37.7 Å². The predicted molar refractivity (Wildman–Crippen MR) is 81.7 cm³/mol. The summed E-state index contributed by atoms with van der Waals surface area (Å²) in [5.41, 5.74) is 1.30. The number of aliphatic hydroxyl groups is 1. The number of benzene rings is 1. The smallest absolute Gasteiger partial charge is 0.154 e. The minimum Gasteiger partial charge on any atom is -0.390 e. The maximum Gasteiger partial charge on any atom is 0.154 e. The molecule has 0 spiro atoms. The lowest BCUT2D eigenvalue weighted by molar-refractivity contribution is 0.0424. The second-order valence-electron chi connectivity index (χ2n) is 6.01. The minimum absolute atomic E-state index is 0.0815. The van der Waals surface area contributed by atoms with Crippen LogP contribution in [0.25, 0.3) is 0 Å². The van der Waals surface area contributed by atoms with Gasteiger partial charge in [-0.15, -0.1) is 0 Å². The van der Waals surface area contributed by atoms with E-state index in [1.165, 1.54) is 5.56 Å². The average molecular weight is 310 g/mol. The maximum atomic E-state index is 11.6. The summed E-state index contributed by atoms with van der Waals surface area (Å²) in [5, 5.41) is 9.94. The fourth-order valence-corrected chi connectivity index (χ4v) is 5.09. The molecule has 2 atom stereocenters. The quantitative estimate of drug-likeness (QED) is 0.849. The SMILES string of the molecule is O=S1(=O)C[C@H](O)[C@@H](N2CCN(Cc3ccccc3)CC2)C1. The number of hydrogen-bond donors (Lipinski definition) is 1. The van der Waals surface area contributed by atoms with Crippen LogP contribution >= 0.6 is 0 Å². The molecule has 1 aromatic rings. The van der Waals surface area contributed by atoms with Gasteiger partial charge in [-0.2, -0.15) is 0 Å². The van der Waals surface area contributed by atoms with E-state index in [1.54, 1.807) is 0 Å². The highest BCUT2D eigenvalue weighted by molar-refractivity contribution is 7.91. The van der Waals surface area contributed by atoms with Crippen LogP contribution in [-0.4, -0.2) is 73.2 Å². The lowest BCUT2D eigenvalue weighted by atomic mass is 10.1. The van der Waals surface area contributed by atoms with Crippen LogP contribution in [0.4, 0.5) is 0 Å². The maximum absolute atomic E-state index is 11.6. The summed E-state index contributed by atoms with van der Waals surface area (Å²) >= 11 is 0. The molecule has 116 valence electrons. The Morgan fingerprint density at radius 2 is 1.71 bits per heavy atom. The first-order chi connectivity index (χ1) is 10.0. The van der Waals surface area contributed by atoms with E-state index in [4.69, 9.17) is 0 Å². The molecule has 0 amide bonds. The second kappa shape index (κ2) is 6.04. The third kappa shape index (κ3) is 3.63. The van der Waals surface area contributed by atoms with Crippen molar-refractivity contribution in [1.82, 2.24) is 9.80 Å². The number of hydrogen-bond acceptors (Lipinski definition) is 5. The molecule has 0 saturated carbocycles. The molecule has 0 bridgehead atoms. The van der Waals surface area contributed by atoms with Gasteiger partial charge in [0.25, 0.3) is 0 Å². The highest BCUT2D eigenvalue weighted by Gasteiger charge is 2.40. The molecular formula is C15H22N2O3S. The summed E-state index contributed by atoms with van der Waals surface area (Å²) < 4.78 is 23.2. The number of nitrogens with zero attached hydrogens (tertiary/aromatic N) is 2. The van der Waals surface area contributed by atoms with Crippen LogP contribution in [0.3, 0.4) is 0 Å². The Bertz CT molecular complexity index is 568. The first-order valence-electron chi connectivity index (χ1n) is 7.42. The van der Waals surface area contributed by atoms with Gasteiger partial charge in [0.1, 0.15) is 0 Å². The Morgan fingerprint density at radius 1 is 1.05 bits per heavy atom. The fraction of sp³-hybridized carbons (Fsp3) is 0.600. The zero-order valence-electron chi connectivity index (χ0n) is 12.1. The monoisotopic (exact) mass is 310 g/mol. The topological polar surface area (TPSA) is 60.9 Å². The minimum atomic E-state index is -3.06. The van der Waals surface area contributed by atoms with Crippen molar-refractivity contribution in [2.24, 2.45) is 0 Å². The Balaban J connectivity index is 1.54. The molecule has 6 heteroatoms. The molecule has 2 fully saturated rings. The zero-order chi connectivity index (χ0) is 14.9. The van der Waals surface area contributed by atoms with Gasteiger partial charge in [0.05, 0.1) is 23.7 Å². The van der Waals surface area contributed by atoms with Gasteiger partial charge in [0.2, 0.25) is 0 Å². The fourth-order valence-electron chi connectivity index (χ4n) is 3.25. The van der Waals surface area contributed by atoms with Crippen molar-refractivity contribution in [3.8, 4) is 0 Å². The number of rotatable bonds is 3. The zero-order valence-corrected chi connectivity index (χ0v) is 12.9. The summed E-state index contributed by atoms with van der Waals surface area (Å²) in [7, 11) is -3.06. The predicted octanol–water partition coefficient (Wildman–Crippen LogP) is -0.0379. The molecule has 2 heterocycles. The van der Waals surface area contributed by atoms with Gasteiger partial charge in [-0.3, -0.25) is 9.80 Å². The van der Waals surface area contributed by atoms with Gasteiger partial charge < -0.3 is 5.11 Å². The van der Waals surface area contributed by atoms with Gasteiger partial charge in [0.15, 0.2) is 9.84 Å². The molecule has 0 aromatic heterocycles. The normalized spacial score (nSPS) is 30.5.